The van der Waals surface area contributed by atoms with Crippen LogP contribution in [0, 0.1) is 0 Å². The van der Waals surface area contributed by atoms with Crippen molar-refractivity contribution >= 4 is 123 Å². The third-order valence-corrected chi connectivity index (χ3v) is 65.3. The molecule has 0 saturated carbocycles. The van der Waals surface area contributed by atoms with E-state index in [1.54, 1.807) is 239 Å². The highest BCUT2D eigenvalue weighted by molar-refractivity contribution is 7.75. The Morgan fingerprint density at radius 1 is 0.178 bits per heavy atom. The third-order valence-electron chi connectivity index (χ3n) is 21.6. The minimum atomic E-state index is -1.92. The Bertz CT molecular complexity index is 1810. The molecular weight excluding hydrogens is 1310 g/mol. The molecule has 0 heterocycles. The molecule has 14 heteroatoms. The van der Waals surface area contributed by atoms with Crippen LogP contribution in [0.1, 0.15) is 77.0 Å². The summed E-state index contributed by atoms with van der Waals surface area (Å²) in [4.78, 5) is 0. The lowest BCUT2D eigenvalue weighted by Gasteiger charge is -2.41. The molecule has 0 nitrogen and oxygen atoms in total. The summed E-state index contributed by atoms with van der Waals surface area (Å²) in [5.74, 6) is 1.57. The number of rotatable bonds is 52. The van der Waals surface area contributed by atoms with Crippen LogP contribution in [0.15, 0.2) is 60.7 Å². The van der Waals surface area contributed by atoms with E-state index in [-0.39, 0.29) is 0 Å². The van der Waals surface area contributed by atoms with Crippen molar-refractivity contribution in [1.82, 2.24) is 0 Å². The van der Waals surface area contributed by atoms with E-state index >= 15 is 0 Å². The summed E-state index contributed by atoms with van der Waals surface area (Å²) in [6.07, 6.45) is 18.8. The van der Waals surface area contributed by atoms with Gasteiger partial charge in [0.1, 0.15) is 0 Å². The predicted molar refractivity (Wildman–Crippen MR) is 468 cm³/mol. The predicted octanol–water partition coefficient (Wildman–Crippen LogP) is 29.2. The van der Waals surface area contributed by atoms with Gasteiger partial charge in [-0.2, -0.15) is 0 Å². The van der Waals surface area contributed by atoms with Gasteiger partial charge in [-0.15, -0.1) is 0 Å². The second kappa shape index (κ2) is 39.6. The molecule has 0 unspecified atom stereocenters. The van der Waals surface area contributed by atoms with Gasteiger partial charge in [0, 0.05) is 72.7 Å². The van der Waals surface area contributed by atoms with E-state index in [0.29, 0.717) is 0 Å². The van der Waals surface area contributed by atoms with Crippen LogP contribution in [0.2, 0.25) is 322 Å². The zero-order valence-corrected chi connectivity index (χ0v) is 80.8. The second-order valence-corrected chi connectivity index (χ2v) is 116. The molecular formula is C76H165PSi13. The van der Waals surface area contributed by atoms with Gasteiger partial charge in [-0.3, -0.25) is 0 Å². The van der Waals surface area contributed by atoms with Gasteiger partial charge in [0.15, 0.2) is 0 Å². The van der Waals surface area contributed by atoms with E-state index in [4.69, 9.17) is 0 Å². The van der Waals surface area contributed by atoms with Crippen molar-refractivity contribution in [1.29, 1.82) is 0 Å². The second-order valence-electron chi connectivity index (χ2n) is 42.5. The van der Waals surface area contributed by atoms with Crippen molar-refractivity contribution in [2.45, 2.75) is 399 Å². The van der Waals surface area contributed by atoms with E-state index in [0.717, 1.165) is 0 Å². The molecule has 0 amide bonds. The van der Waals surface area contributed by atoms with Gasteiger partial charge < -0.3 is 0 Å². The summed E-state index contributed by atoms with van der Waals surface area (Å²) >= 11 is 0. The first-order valence-electron chi connectivity index (χ1n) is 38.9. The highest BCUT2D eigenvalue weighted by Crippen LogP contribution is 2.48. The third kappa shape index (κ3) is 44.0. The molecule has 0 aliphatic rings. The zero-order valence-electron chi connectivity index (χ0n) is 66.9. The lowest BCUT2D eigenvalue weighted by Crippen LogP contribution is -2.44. The van der Waals surface area contributed by atoms with Gasteiger partial charge in [0.2, 0.25) is 0 Å². The lowest BCUT2D eigenvalue weighted by atomic mass is 10.4. The summed E-state index contributed by atoms with van der Waals surface area (Å²) < 4.78 is 0. The molecule has 2 aromatic rings. The highest BCUT2D eigenvalue weighted by atomic mass is 31.1. The quantitative estimate of drug-likeness (QED) is 0.0457. The van der Waals surface area contributed by atoms with E-state index in [9.17, 15) is 0 Å². The van der Waals surface area contributed by atoms with Crippen LogP contribution in [0.25, 0.3) is 0 Å². The Labute approximate surface area is 583 Å². The van der Waals surface area contributed by atoms with Crippen LogP contribution in [0.3, 0.4) is 0 Å². The molecule has 0 aromatic heterocycles. The van der Waals surface area contributed by atoms with Crippen LogP contribution in [-0.2, 0) is 0 Å². The molecule has 0 aliphatic carbocycles. The van der Waals surface area contributed by atoms with Crippen molar-refractivity contribution in [2.75, 3.05) is 5.79 Å². The Balaban J connectivity index is 3.18. The summed E-state index contributed by atoms with van der Waals surface area (Å²) in [6, 6.07) is 63.7. The maximum atomic E-state index is 2.69. The molecule has 90 heavy (non-hydrogen) atoms. The largest absolute Gasteiger partial charge is 0.0695 e. The molecule has 0 aliphatic heterocycles. The number of benzene rings is 2. The fraction of sp³-hybridized carbons (Fsp3) is 0.842. The van der Waals surface area contributed by atoms with Crippen LogP contribution >= 0.6 is 7.92 Å². The SMILES string of the molecule is C[Si](C)(C)CCC[Si](CCC[Si](C)(C)C)(CCC[Si](C)(C)C)CCC[Si](CCC[Si](CCC[Si](C)(C)C)(CCC[Si](C)(C)C)CCC[Si](C)(C)C)(CCC[Si](CCC[Si](C)(C)C)(CCC[Si](C)(C)C)CCC[Si](C)(C)C)CP(c1ccccc1)c1ccccc1. The van der Waals surface area contributed by atoms with Crippen molar-refractivity contribution in [2.24, 2.45) is 0 Å². The maximum absolute atomic E-state index is 2.69. The monoisotopic (exact) mass is 1470 g/mol. The molecule has 0 spiro atoms. The fourth-order valence-corrected chi connectivity index (χ4v) is 58.1. The van der Waals surface area contributed by atoms with Crippen molar-refractivity contribution < 1.29 is 0 Å². The Hall–Kier alpha value is 1.69. The van der Waals surface area contributed by atoms with E-state index < -0.39 is 113 Å². The molecule has 0 saturated heterocycles. The molecule has 0 N–H and O–H groups in total. The van der Waals surface area contributed by atoms with Gasteiger partial charge in [0.05, 0.1) is 32.3 Å². The molecule has 0 fully saturated rings. The minimum Gasteiger partial charge on any atom is -0.0695 e. The van der Waals surface area contributed by atoms with Crippen LogP contribution in [0.5, 0.6) is 0 Å². The summed E-state index contributed by atoms with van der Waals surface area (Å²) in [5.41, 5.74) is 0. The van der Waals surface area contributed by atoms with Crippen molar-refractivity contribution in [3.63, 3.8) is 0 Å². The summed E-state index contributed by atoms with van der Waals surface area (Å²) in [6.45, 7) is 72.6. The first-order valence-corrected chi connectivity index (χ1v) is 85.1. The van der Waals surface area contributed by atoms with Crippen LogP contribution in [-0.4, -0.2) is 111 Å². The zero-order chi connectivity index (χ0) is 68.5. The minimum absolute atomic E-state index is 0.438. The molecule has 0 bridgehead atoms. The average Bonchev–Trinajstić information content (AvgIpc) is 3.51. The first-order chi connectivity index (χ1) is 41.0. The van der Waals surface area contributed by atoms with Crippen LogP contribution in [0.4, 0.5) is 0 Å². The summed E-state index contributed by atoms with van der Waals surface area (Å²) in [5, 5.41) is 3.40. The normalized spacial score (nSPS) is 14.4. The van der Waals surface area contributed by atoms with E-state index in [1.807, 2.05) is 0 Å². The highest BCUT2D eigenvalue weighted by Gasteiger charge is 2.42. The smallest absolute Gasteiger partial charge is 0.0584 e. The molecule has 0 radical (unpaired) electrons. The maximum Gasteiger partial charge on any atom is 0.0584 e. The summed E-state index contributed by atoms with van der Waals surface area (Å²) in [7, 11) is -17.1. The molecule has 2 rings (SSSR count). The lowest BCUT2D eigenvalue weighted by molar-refractivity contribution is 0.833. The Morgan fingerprint density at radius 2 is 0.311 bits per heavy atom. The van der Waals surface area contributed by atoms with Gasteiger partial charge >= 0.3 is 0 Å². The fourth-order valence-electron chi connectivity index (χ4n) is 16.2. The van der Waals surface area contributed by atoms with Gasteiger partial charge in [-0.25, -0.2) is 0 Å². The Kier molecular flexibility index (Phi) is 38.6. The van der Waals surface area contributed by atoms with Gasteiger partial charge in [-0.05, 0) is 24.3 Å². The van der Waals surface area contributed by atoms with Crippen molar-refractivity contribution in [3.8, 4) is 0 Å². The van der Waals surface area contributed by atoms with Crippen LogP contribution < -0.4 is 10.6 Å². The molecule has 2 aromatic carbocycles. The topological polar surface area (TPSA) is 0 Å². The van der Waals surface area contributed by atoms with Gasteiger partial charge in [-0.1, -0.05) is 460 Å². The van der Waals surface area contributed by atoms with Crippen molar-refractivity contribution in [3.05, 3.63) is 60.7 Å². The molecule has 526 valence electrons. The standard InChI is InChI=1S/C76H165PSi13/c1-78(2,3)50-34-59-87(60-35-51-79(4,5)6,61-36-52-80(7,8)9)68-43-71-90(74-77(75-46-30-28-31-47-75)76-48-32-29-33-49-76,72-44-69-88(62-37-53-81(10,11)12,63-38-54-82(13,14)15)64-39-55-83(16,17)18)73-45-70-89(65-40-56-84(19,20)21,66-41-57-85(22,23)24)67-42-58-86(25,26)27/h28-33,46-49H,34-45,50-74H2,1-27H3. The Morgan fingerprint density at radius 3 is 0.456 bits per heavy atom. The van der Waals surface area contributed by atoms with E-state index in [1.165, 1.54) is 0 Å². The number of hydrogen-bond acceptors (Lipinski definition) is 0. The molecule has 0 atom stereocenters. The number of hydrogen-bond donors (Lipinski definition) is 0. The first kappa shape index (κ1) is 87.8. The average molecular weight is 1480 g/mol. The van der Waals surface area contributed by atoms with E-state index in [2.05, 4.69) is 237 Å². The van der Waals surface area contributed by atoms with Gasteiger partial charge in [0.25, 0.3) is 0 Å².